The Morgan fingerprint density at radius 1 is 1.04 bits per heavy atom. The summed E-state index contributed by atoms with van der Waals surface area (Å²) in [6.45, 7) is 5.08. The first-order valence-corrected chi connectivity index (χ1v) is 9.60. The first-order valence-electron chi connectivity index (χ1n) is 8.12. The van der Waals surface area contributed by atoms with Crippen LogP contribution < -0.4 is 14.8 Å². The van der Waals surface area contributed by atoms with Gasteiger partial charge in [-0.15, -0.1) is 10.2 Å². The van der Waals surface area contributed by atoms with Crippen molar-refractivity contribution in [2.75, 3.05) is 37.4 Å². The van der Waals surface area contributed by atoms with Crippen molar-refractivity contribution in [3.05, 3.63) is 35.4 Å². The van der Waals surface area contributed by atoms with Gasteiger partial charge in [0, 0.05) is 20.3 Å². The van der Waals surface area contributed by atoms with Gasteiger partial charge in [-0.1, -0.05) is 0 Å². The lowest BCUT2D eigenvalue weighted by molar-refractivity contribution is 0.197. The summed E-state index contributed by atoms with van der Waals surface area (Å²) in [4.78, 5) is 0.0617. The molecule has 0 aliphatic carbocycles. The van der Waals surface area contributed by atoms with Crippen molar-refractivity contribution in [2.24, 2.45) is 0 Å². The van der Waals surface area contributed by atoms with Crippen LogP contribution in [0.25, 0.3) is 0 Å². The summed E-state index contributed by atoms with van der Waals surface area (Å²) in [6.07, 6.45) is 0.832. The highest BCUT2D eigenvalue weighted by Crippen LogP contribution is 2.28. The lowest BCUT2D eigenvalue weighted by Crippen LogP contribution is -2.16. The zero-order valence-electron chi connectivity index (χ0n) is 15.4. The van der Waals surface area contributed by atoms with Crippen LogP contribution in [0.4, 0.5) is 11.6 Å². The molecule has 1 aromatic carbocycles. The fourth-order valence-corrected chi connectivity index (χ4v) is 3.47. The van der Waals surface area contributed by atoms with Crippen molar-refractivity contribution in [1.29, 1.82) is 0 Å². The standard InChI is InChI=1S/C17H24N4O4S/c1-12-10-14(25-4)15(11-13(12)2)26(22,23)21-17-7-6-16(19-20-17)18-8-5-9-24-3/h6-7,10-11H,5,8-9H2,1-4H3,(H,18,19)(H,20,21). The third kappa shape index (κ3) is 5.06. The molecule has 2 N–H and O–H groups in total. The maximum Gasteiger partial charge on any atom is 0.266 e. The summed E-state index contributed by atoms with van der Waals surface area (Å²) in [6, 6.07) is 6.49. The lowest BCUT2D eigenvalue weighted by atomic mass is 10.1. The highest BCUT2D eigenvalue weighted by Gasteiger charge is 2.21. The van der Waals surface area contributed by atoms with E-state index in [1.54, 1.807) is 31.4 Å². The van der Waals surface area contributed by atoms with E-state index in [9.17, 15) is 8.42 Å². The van der Waals surface area contributed by atoms with Gasteiger partial charge < -0.3 is 14.8 Å². The van der Waals surface area contributed by atoms with Crippen molar-refractivity contribution in [1.82, 2.24) is 10.2 Å². The van der Waals surface area contributed by atoms with Crippen LogP contribution in [0.15, 0.2) is 29.2 Å². The number of rotatable bonds is 9. The Balaban J connectivity index is 2.13. The summed E-state index contributed by atoms with van der Waals surface area (Å²) in [7, 11) is -0.765. The Bertz CT molecular complexity index is 839. The molecule has 0 aliphatic rings. The molecular formula is C17H24N4O4S. The highest BCUT2D eigenvalue weighted by atomic mass is 32.2. The summed E-state index contributed by atoms with van der Waals surface area (Å²) in [5.74, 6) is 0.977. The number of sulfonamides is 1. The van der Waals surface area contributed by atoms with E-state index >= 15 is 0 Å². The van der Waals surface area contributed by atoms with Gasteiger partial charge in [-0.25, -0.2) is 8.42 Å². The fraction of sp³-hybridized carbons (Fsp3) is 0.412. The van der Waals surface area contributed by atoms with Gasteiger partial charge >= 0.3 is 0 Å². The van der Waals surface area contributed by atoms with Crippen molar-refractivity contribution >= 4 is 21.7 Å². The minimum atomic E-state index is -3.85. The van der Waals surface area contributed by atoms with E-state index in [0.717, 1.165) is 17.5 Å². The summed E-state index contributed by atoms with van der Waals surface area (Å²) in [5, 5.41) is 11.0. The van der Waals surface area contributed by atoms with Crippen LogP contribution in [0.2, 0.25) is 0 Å². The molecule has 0 amide bonds. The van der Waals surface area contributed by atoms with Gasteiger partial charge in [0.1, 0.15) is 16.5 Å². The molecule has 9 heteroatoms. The van der Waals surface area contributed by atoms with E-state index in [-0.39, 0.29) is 16.5 Å². The number of nitrogens with zero attached hydrogens (tertiary/aromatic N) is 2. The van der Waals surface area contributed by atoms with Gasteiger partial charge in [-0.05, 0) is 55.7 Å². The Labute approximate surface area is 154 Å². The molecule has 0 atom stereocenters. The van der Waals surface area contributed by atoms with Crippen molar-refractivity contribution < 1.29 is 17.9 Å². The number of methoxy groups -OCH3 is 2. The minimum Gasteiger partial charge on any atom is -0.495 e. The Kier molecular flexibility index (Phi) is 6.76. The van der Waals surface area contributed by atoms with Gasteiger partial charge in [0.2, 0.25) is 0 Å². The second kappa shape index (κ2) is 8.81. The number of benzene rings is 1. The average molecular weight is 380 g/mol. The summed E-state index contributed by atoms with van der Waals surface area (Å²) < 4.78 is 38.0. The molecule has 0 saturated carbocycles. The number of aromatic nitrogens is 2. The van der Waals surface area contributed by atoms with Crippen LogP contribution in [-0.2, 0) is 14.8 Å². The Morgan fingerprint density at radius 3 is 2.31 bits per heavy atom. The van der Waals surface area contributed by atoms with Crippen LogP contribution >= 0.6 is 0 Å². The van der Waals surface area contributed by atoms with Crippen LogP contribution in [0.1, 0.15) is 17.5 Å². The quantitative estimate of drug-likeness (QED) is 0.644. The van der Waals surface area contributed by atoms with Crippen molar-refractivity contribution in [3.63, 3.8) is 0 Å². The van der Waals surface area contributed by atoms with Gasteiger partial charge in [0.25, 0.3) is 10.0 Å². The molecule has 2 rings (SSSR count). The van der Waals surface area contributed by atoms with Crippen LogP contribution in [-0.4, -0.2) is 46.0 Å². The van der Waals surface area contributed by atoms with Crippen molar-refractivity contribution in [3.8, 4) is 5.75 Å². The largest absolute Gasteiger partial charge is 0.495 e. The second-order valence-corrected chi connectivity index (χ2v) is 7.42. The summed E-state index contributed by atoms with van der Waals surface area (Å²) in [5.41, 5.74) is 1.80. The fourth-order valence-electron chi connectivity index (χ4n) is 2.24. The molecule has 0 saturated heterocycles. The van der Waals surface area contributed by atoms with E-state index in [1.165, 1.54) is 7.11 Å². The lowest BCUT2D eigenvalue weighted by Gasteiger charge is -2.13. The first-order chi connectivity index (χ1) is 12.4. The predicted molar refractivity (Wildman–Crippen MR) is 100 cm³/mol. The predicted octanol–water partition coefficient (Wildman–Crippen LogP) is 2.35. The third-order valence-corrected chi connectivity index (χ3v) is 5.18. The molecule has 0 spiro atoms. The summed E-state index contributed by atoms with van der Waals surface area (Å²) >= 11 is 0. The normalized spacial score (nSPS) is 11.2. The molecule has 0 radical (unpaired) electrons. The molecule has 8 nitrogen and oxygen atoms in total. The molecule has 26 heavy (non-hydrogen) atoms. The van der Waals surface area contributed by atoms with Crippen LogP contribution in [0.3, 0.4) is 0 Å². The molecule has 1 heterocycles. The smallest absolute Gasteiger partial charge is 0.266 e. The molecule has 142 valence electrons. The number of anilines is 2. The Hall–Kier alpha value is -2.39. The van der Waals surface area contributed by atoms with Gasteiger partial charge in [-0.3, -0.25) is 4.72 Å². The SMILES string of the molecule is COCCCNc1ccc(NS(=O)(=O)c2cc(C)c(C)cc2OC)nn1. The van der Waals surface area contributed by atoms with Gasteiger partial charge in [0.15, 0.2) is 5.82 Å². The van der Waals surface area contributed by atoms with E-state index < -0.39 is 10.0 Å². The minimum absolute atomic E-state index is 0.0617. The molecular weight excluding hydrogens is 356 g/mol. The highest BCUT2D eigenvalue weighted by molar-refractivity contribution is 7.92. The molecule has 1 aromatic heterocycles. The number of aryl methyl sites for hydroxylation is 2. The maximum atomic E-state index is 12.7. The average Bonchev–Trinajstić information content (AvgIpc) is 2.61. The zero-order valence-corrected chi connectivity index (χ0v) is 16.2. The monoisotopic (exact) mass is 380 g/mol. The molecule has 0 fully saturated rings. The van der Waals surface area contributed by atoms with Crippen molar-refractivity contribution in [2.45, 2.75) is 25.2 Å². The van der Waals surface area contributed by atoms with Crippen LogP contribution in [0, 0.1) is 13.8 Å². The zero-order chi connectivity index (χ0) is 19.2. The first kappa shape index (κ1) is 19.9. The Morgan fingerprint density at radius 2 is 1.69 bits per heavy atom. The molecule has 0 bridgehead atoms. The maximum absolute atomic E-state index is 12.7. The number of hydrogen-bond donors (Lipinski definition) is 2. The van der Waals surface area contributed by atoms with E-state index in [2.05, 4.69) is 20.2 Å². The number of hydrogen-bond acceptors (Lipinski definition) is 7. The van der Waals surface area contributed by atoms with Crippen LogP contribution in [0.5, 0.6) is 5.75 Å². The topological polar surface area (TPSA) is 102 Å². The molecule has 2 aromatic rings. The molecule has 0 unspecified atom stereocenters. The molecule has 0 aliphatic heterocycles. The third-order valence-electron chi connectivity index (χ3n) is 3.80. The van der Waals surface area contributed by atoms with E-state index in [1.807, 2.05) is 13.8 Å². The number of nitrogens with one attached hydrogen (secondary N) is 2. The second-order valence-electron chi connectivity index (χ2n) is 5.77. The number of ether oxygens (including phenoxy) is 2. The van der Waals surface area contributed by atoms with E-state index in [0.29, 0.717) is 19.0 Å². The van der Waals surface area contributed by atoms with Gasteiger partial charge in [-0.2, -0.15) is 0 Å². The van der Waals surface area contributed by atoms with Gasteiger partial charge in [0.05, 0.1) is 7.11 Å². The van der Waals surface area contributed by atoms with E-state index in [4.69, 9.17) is 9.47 Å².